The molecule has 8 nitrogen and oxygen atoms in total. The van der Waals surface area contributed by atoms with Gasteiger partial charge >= 0.3 is 0 Å². The molecule has 2 amide bonds. The molecule has 29 heavy (non-hydrogen) atoms. The van der Waals surface area contributed by atoms with Crippen molar-refractivity contribution < 1.29 is 14.7 Å². The molecule has 0 aliphatic carbocycles. The molecule has 2 aromatic rings. The second kappa shape index (κ2) is 8.69. The van der Waals surface area contributed by atoms with E-state index < -0.39 is 23.3 Å². The summed E-state index contributed by atoms with van der Waals surface area (Å²) in [4.78, 5) is 44.1. The van der Waals surface area contributed by atoms with Gasteiger partial charge in [0.25, 0.3) is 11.5 Å². The first-order valence-electron chi connectivity index (χ1n) is 9.32. The molecule has 1 unspecified atom stereocenters. The molecule has 2 N–H and O–H groups in total. The standard InChI is InChI=1S/C20H24N4O4S/c1-12(25)24-10-6-8-14(24)18-22-16(17(26)20(28)23(18)2)19(27)21-11-13-7-4-5-9-15(13)29-3/h4-5,7,9,14,26H,6,8,10-11H2,1-3H3,(H,21,27). The second-order valence-electron chi connectivity index (χ2n) is 6.90. The Morgan fingerprint density at radius 1 is 1.34 bits per heavy atom. The van der Waals surface area contributed by atoms with E-state index >= 15 is 0 Å². The van der Waals surface area contributed by atoms with Crippen LogP contribution in [0, 0.1) is 0 Å². The summed E-state index contributed by atoms with van der Waals surface area (Å²) in [6, 6.07) is 7.26. The van der Waals surface area contributed by atoms with Crippen LogP contribution in [0.3, 0.4) is 0 Å². The normalized spacial score (nSPS) is 16.1. The number of benzene rings is 1. The highest BCUT2D eigenvalue weighted by Crippen LogP contribution is 2.31. The third-order valence-corrected chi connectivity index (χ3v) is 5.94. The van der Waals surface area contributed by atoms with Crippen molar-refractivity contribution >= 4 is 23.6 Å². The van der Waals surface area contributed by atoms with Gasteiger partial charge in [-0.2, -0.15) is 0 Å². The van der Waals surface area contributed by atoms with Crippen LogP contribution < -0.4 is 10.9 Å². The van der Waals surface area contributed by atoms with Crippen molar-refractivity contribution in [3.63, 3.8) is 0 Å². The molecule has 0 spiro atoms. The van der Waals surface area contributed by atoms with Crippen molar-refractivity contribution in [2.75, 3.05) is 12.8 Å². The van der Waals surface area contributed by atoms with Gasteiger partial charge in [-0.15, -0.1) is 11.8 Å². The number of aromatic nitrogens is 2. The lowest BCUT2D eigenvalue weighted by atomic mass is 10.2. The van der Waals surface area contributed by atoms with Crippen LogP contribution in [0.4, 0.5) is 0 Å². The highest BCUT2D eigenvalue weighted by atomic mass is 32.2. The summed E-state index contributed by atoms with van der Waals surface area (Å²) in [6.07, 6.45) is 3.38. The number of likely N-dealkylation sites (tertiary alicyclic amines) is 1. The average Bonchev–Trinajstić information content (AvgIpc) is 3.20. The van der Waals surface area contributed by atoms with E-state index in [9.17, 15) is 19.5 Å². The van der Waals surface area contributed by atoms with Crippen molar-refractivity contribution in [3.05, 3.63) is 51.7 Å². The second-order valence-corrected chi connectivity index (χ2v) is 7.74. The van der Waals surface area contributed by atoms with Crippen LogP contribution in [0.2, 0.25) is 0 Å². The molecule has 1 atom stereocenters. The number of nitrogens with one attached hydrogen (secondary N) is 1. The molecule has 1 aromatic carbocycles. The summed E-state index contributed by atoms with van der Waals surface area (Å²) in [5, 5.41) is 13.0. The fourth-order valence-corrected chi connectivity index (χ4v) is 4.20. The van der Waals surface area contributed by atoms with Gasteiger partial charge in [0.15, 0.2) is 5.69 Å². The van der Waals surface area contributed by atoms with Crippen molar-refractivity contribution in [3.8, 4) is 5.75 Å². The zero-order valence-corrected chi connectivity index (χ0v) is 17.5. The molecule has 1 fully saturated rings. The predicted molar refractivity (Wildman–Crippen MR) is 110 cm³/mol. The lowest BCUT2D eigenvalue weighted by Gasteiger charge is -2.24. The van der Waals surface area contributed by atoms with Crippen molar-refractivity contribution in [2.24, 2.45) is 7.05 Å². The Bertz CT molecular complexity index is 1000. The number of aromatic hydroxyl groups is 1. The summed E-state index contributed by atoms with van der Waals surface area (Å²) in [5.74, 6) is -1.14. The molecular formula is C20H24N4O4S. The van der Waals surface area contributed by atoms with E-state index in [2.05, 4.69) is 10.3 Å². The van der Waals surface area contributed by atoms with Crippen LogP contribution in [0.15, 0.2) is 34.0 Å². The minimum Gasteiger partial charge on any atom is -0.501 e. The van der Waals surface area contributed by atoms with Gasteiger partial charge in [-0.25, -0.2) is 4.98 Å². The third kappa shape index (κ3) is 4.14. The van der Waals surface area contributed by atoms with Crippen LogP contribution in [0.25, 0.3) is 0 Å². The lowest BCUT2D eigenvalue weighted by Crippen LogP contribution is -2.35. The van der Waals surface area contributed by atoms with Gasteiger partial charge in [-0.1, -0.05) is 18.2 Å². The van der Waals surface area contributed by atoms with Crippen molar-refractivity contribution in [1.29, 1.82) is 0 Å². The number of rotatable bonds is 5. The smallest absolute Gasteiger partial charge is 0.296 e. The molecule has 0 radical (unpaired) electrons. The molecule has 9 heteroatoms. The SMILES string of the molecule is CSc1ccccc1CNC(=O)c1nc(C2CCCN2C(C)=O)n(C)c(=O)c1O. The molecule has 3 rings (SSSR count). The van der Waals surface area contributed by atoms with E-state index in [0.717, 1.165) is 16.9 Å². The molecule has 154 valence electrons. The van der Waals surface area contributed by atoms with E-state index in [1.165, 1.54) is 18.5 Å². The summed E-state index contributed by atoms with van der Waals surface area (Å²) >= 11 is 1.57. The van der Waals surface area contributed by atoms with Gasteiger partial charge in [-0.3, -0.25) is 19.0 Å². The summed E-state index contributed by atoms with van der Waals surface area (Å²) in [7, 11) is 1.48. The Labute approximate surface area is 172 Å². The first kappa shape index (κ1) is 20.9. The lowest BCUT2D eigenvalue weighted by molar-refractivity contribution is -0.129. The topological polar surface area (TPSA) is 105 Å². The average molecular weight is 417 g/mol. The predicted octanol–water partition coefficient (Wildman–Crippen LogP) is 1.82. The number of hydrogen-bond acceptors (Lipinski definition) is 6. The van der Waals surface area contributed by atoms with Crippen LogP contribution in [-0.2, 0) is 18.4 Å². The zero-order valence-electron chi connectivity index (χ0n) is 16.6. The maximum absolute atomic E-state index is 12.7. The number of carbonyl (C=O) groups excluding carboxylic acids is 2. The first-order chi connectivity index (χ1) is 13.8. The first-order valence-corrected chi connectivity index (χ1v) is 10.5. The van der Waals surface area contributed by atoms with Gasteiger partial charge in [0, 0.05) is 32.0 Å². The molecule has 0 saturated carbocycles. The zero-order chi connectivity index (χ0) is 21.1. The van der Waals surface area contributed by atoms with E-state index in [4.69, 9.17) is 0 Å². The van der Waals surface area contributed by atoms with Gasteiger partial charge in [0.2, 0.25) is 11.7 Å². The Hall–Kier alpha value is -2.81. The van der Waals surface area contributed by atoms with E-state index in [0.29, 0.717) is 18.8 Å². The highest BCUT2D eigenvalue weighted by molar-refractivity contribution is 7.98. The van der Waals surface area contributed by atoms with Crippen LogP contribution in [-0.4, -0.2) is 44.2 Å². The quantitative estimate of drug-likeness (QED) is 0.721. The Morgan fingerprint density at radius 3 is 2.76 bits per heavy atom. The Kier molecular flexibility index (Phi) is 6.26. The summed E-state index contributed by atoms with van der Waals surface area (Å²) in [6.45, 7) is 2.28. The maximum Gasteiger partial charge on any atom is 0.296 e. The van der Waals surface area contributed by atoms with Gasteiger partial charge in [0.1, 0.15) is 5.82 Å². The minimum atomic E-state index is -0.708. The monoisotopic (exact) mass is 416 g/mol. The number of amides is 2. The third-order valence-electron chi connectivity index (χ3n) is 5.10. The van der Waals surface area contributed by atoms with Gasteiger partial charge < -0.3 is 15.3 Å². The Morgan fingerprint density at radius 2 is 2.07 bits per heavy atom. The van der Waals surface area contributed by atoms with Crippen LogP contribution >= 0.6 is 11.8 Å². The summed E-state index contributed by atoms with van der Waals surface area (Å²) < 4.78 is 1.21. The van der Waals surface area contributed by atoms with Gasteiger partial charge in [0.05, 0.1) is 6.04 Å². The highest BCUT2D eigenvalue weighted by Gasteiger charge is 2.33. The van der Waals surface area contributed by atoms with Crippen molar-refractivity contribution in [1.82, 2.24) is 19.8 Å². The number of thioether (sulfide) groups is 1. The number of carbonyl (C=O) groups is 2. The molecule has 2 heterocycles. The summed E-state index contributed by atoms with van der Waals surface area (Å²) in [5.41, 5.74) is -0.101. The number of hydrogen-bond donors (Lipinski definition) is 2. The fraction of sp³-hybridized carbons (Fsp3) is 0.400. The molecule has 0 bridgehead atoms. The molecule has 1 aliphatic heterocycles. The van der Waals surface area contributed by atoms with Crippen molar-refractivity contribution in [2.45, 2.75) is 37.2 Å². The molecule has 1 saturated heterocycles. The molecule has 1 aromatic heterocycles. The van der Waals surface area contributed by atoms with E-state index in [1.54, 1.807) is 16.7 Å². The van der Waals surface area contributed by atoms with Crippen LogP contribution in [0.1, 0.15) is 47.7 Å². The van der Waals surface area contributed by atoms with E-state index in [1.807, 2.05) is 30.5 Å². The largest absolute Gasteiger partial charge is 0.501 e. The van der Waals surface area contributed by atoms with E-state index in [-0.39, 0.29) is 18.1 Å². The van der Waals surface area contributed by atoms with Gasteiger partial charge in [-0.05, 0) is 30.7 Å². The molecule has 1 aliphatic rings. The maximum atomic E-state index is 12.7. The number of nitrogens with zero attached hydrogens (tertiary/aromatic N) is 3. The minimum absolute atomic E-state index is 0.116. The van der Waals surface area contributed by atoms with Crippen LogP contribution in [0.5, 0.6) is 5.75 Å². The molecular weight excluding hydrogens is 392 g/mol. The fourth-order valence-electron chi connectivity index (χ4n) is 3.58. The Balaban J connectivity index is 1.91.